The Morgan fingerprint density at radius 2 is 0.838 bits per heavy atom. The van der Waals surface area contributed by atoms with Crippen molar-refractivity contribution in [3.05, 3.63) is 213 Å². The Morgan fingerprint density at radius 3 is 1.19 bits per heavy atom. The molecule has 10 rings (SSSR count). The van der Waals surface area contributed by atoms with Crippen molar-refractivity contribution in [3.63, 3.8) is 0 Å². The summed E-state index contributed by atoms with van der Waals surface area (Å²) in [5, 5.41) is 15.8. The number of nitrogens with one attached hydrogen (secondary N) is 3. The van der Waals surface area contributed by atoms with Crippen molar-refractivity contribution in [1.82, 2.24) is 15.0 Å². The van der Waals surface area contributed by atoms with Gasteiger partial charge < -0.3 is 9.84 Å². The molecule has 3 aromatic heterocycles. The van der Waals surface area contributed by atoms with Crippen molar-refractivity contribution < 1.29 is 60.2 Å². The molecule has 0 saturated carbocycles. The zero-order valence-corrected chi connectivity index (χ0v) is 44.8. The number of hydrogen-bond donors (Lipinski definition) is 4. The summed E-state index contributed by atoms with van der Waals surface area (Å²) in [7, 11) is 0. The molecular weight excluding hydrogens is 1130 g/mol. The molecule has 6 aromatic carbocycles. The highest BCUT2D eigenvalue weighted by Crippen LogP contribution is 2.38. The molecule has 4 N–H and O–H groups in total. The van der Waals surface area contributed by atoms with Crippen molar-refractivity contribution >= 4 is 95.8 Å². The molecule has 406 valence electrons. The van der Waals surface area contributed by atoms with Gasteiger partial charge in [-0.1, -0.05) is 142 Å². The van der Waals surface area contributed by atoms with Gasteiger partial charge in [0.2, 0.25) is 5.90 Å². The number of carboxylic acid groups (broad SMARTS) is 1. The van der Waals surface area contributed by atoms with Crippen LogP contribution in [0.4, 0.5) is 41.7 Å². The third-order valence-electron chi connectivity index (χ3n) is 11.1. The second kappa shape index (κ2) is 25.3. The van der Waals surface area contributed by atoms with Crippen LogP contribution >= 0.6 is 45.6 Å². The van der Waals surface area contributed by atoms with Gasteiger partial charge in [0.25, 0.3) is 23.0 Å². The van der Waals surface area contributed by atoms with Gasteiger partial charge in [-0.05, 0) is 85.5 Å². The highest BCUT2D eigenvalue weighted by Gasteiger charge is 2.27. The van der Waals surface area contributed by atoms with Crippen LogP contribution in [0.15, 0.2) is 132 Å². The fraction of sp³-hybridized carbons (Fsp3) is 0.0893. The molecule has 0 radical (unpaired) electrons. The van der Waals surface area contributed by atoms with Crippen LogP contribution in [0, 0.1) is 55.7 Å². The number of benzene rings is 6. The molecule has 0 saturated heterocycles. The number of carbonyl (C=O) groups is 5. The molecule has 14 nitrogen and oxygen atoms in total. The summed E-state index contributed by atoms with van der Waals surface area (Å²) in [5.74, 6) is -9.71. The molecule has 1 aliphatic rings. The number of aromatic carboxylic acids is 1. The van der Waals surface area contributed by atoms with Crippen LogP contribution < -0.4 is 16.0 Å². The lowest BCUT2D eigenvalue weighted by atomic mass is 10.1. The number of aromatic nitrogens is 3. The van der Waals surface area contributed by atoms with E-state index in [1.54, 1.807) is 30.3 Å². The Hall–Kier alpha value is -8.90. The summed E-state index contributed by atoms with van der Waals surface area (Å²) in [6.07, 6.45) is 0. The van der Waals surface area contributed by atoms with Crippen LogP contribution in [0.3, 0.4) is 0 Å². The zero-order chi connectivity index (χ0) is 57.4. The third kappa shape index (κ3) is 13.5. The third-order valence-corrected chi connectivity index (χ3v) is 14.4. The van der Waals surface area contributed by atoms with Crippen molar-refractivity contribution in [1.29, 1.82) is 0 Å². The molecule has 9 aromatic rings. The van der Waals surface area contributed by atoms with E-state index < -0.39 is 80.5 Å². The number of thiazole rings is 3. The van der Waals surface area contributed by atoms with Crippen LogP contribution in [0.1, 0.15) is 74.4 Å². The minimum absolute atomic E-state index is 0.0122. The van der Waals surface area contributed by atoms with Crippen molar-refractivity contribution in [2.45, 2.75) is 20.8 Å². The first kappa shape index (κ1) is 57.3. The summed E-state index contributed by atoms with van der Waals surface area (Å²) in [6, 6.07) is 31.6. The lowest BCUT2D eigenvalue weighted by Gasteiger charge is -2.04. The number of aliphatic imine (C=N–C) groups is 1. The van der Waals surface area contributed by atoms with Crippen LogP contribution in [-0.4, -0.2) is 68.0 Å². The Morgan fingerprint density at radius 1 is 0.500 bits per heavy atom. The van der Waals surface area contributed by atoms with Gasteiger partial charge in [-0.3, -0.25) is 35.1 Å². The summed E-state index contributed by atoms with van der Waals surface area (Å²) in [4.78, 5) is 78.1. The van der Waals surface area contributed by atoms with Gasteiger partial charge in [-0.15, -0.1) is 0 Å². The highest BCUT2D eigenvalue weighted by atomic mass is 35.5. The van der Waals surface area contributed by atoms with E-state index in [0.29, 0.717) is 45.6 Å². The summed E-state index contributed by atoms with van der Waals surface area (Å²) in [6.45, 7) is 6.70. The van der Waals surface area contributed by atoms with Crippen molar-refractivity contribution in [2.75, 3.05) is 29.1 Å². The first-order valence-electron chi connectivity index (χ1n) is 23.4. The van der Waals surface area contributed by atoms with E-state index in [1.807, 2.05) is 63.2 Å². The summed E-state index contributed by atoms with van der Waals surface area (Å²) in [5.41, 5.74) is 3.25. The van der Waals surface area contributed by atoms with Gasteiger partial charge in [0.15, 0.2) is 21.1 Å². The molecular formula is C56H38ClF6N7O7S3. The number of carbonyl (C=O) groups excluding carboxylic acids is 4. The number of nitrogens with zero attached hydrogens (tertiary/aromatic N) is 4. The fourth-order valence-corrected chi connectivity index (χ4v) is 10.6. The Bertz CT molecular complexity index is 3700. The molecule has 0 aliphatic carbocycles. The summed E-state index contributed by atoms with van der Waals surface area (Å²) < 4.78 is 88.2. The number of aryl methyl sites for hydroxylation is 3. The van der Waals surface area contributed by atoms with E-state index in [4.69, 9.17) is 16.3 Å². The first-order chi connectivity index (χ1) is 38.3. The van der Waals surface area contributed by atoms with Crippen molar-refractivity contribution in [3.8, 4) is 31.3 Å². The molecule has 24 heteroatoms. The van der Waals surface area contributed by atoms with Gasteiger partial charge in [-0.2, -0.15) is 0 Å². The number of carboxylic acids is 1. The Labute approximate surface area is 467 Å². The maximum Gasteiger partial charge on any atom is 0.356 e. The largest absolute Gasteiger partial charge is 0.476 e. The van der Waals surface area contributed by atoms with Crippen molar-refractivity contribution in [2.24, 2.45) is 4.99 Å². The molecule has 4 heterocycles. The molecule has 1 aliphatic heterocycles. The van der Waals surface area contributed by atoms with Gasteiger partial charge >= 0.3 is 5.97 Å². The molecule has 0 atom stereocenters. The monoisotopic (exact) mass is 1170 g/mol. The maximum absolute atomic E-state index is 13.9. The molecule has 0 spiro atoms. The van der Waals surface area contributed by atoms with Gasteiger partial charge in [0.05, 0.1) is 21.2 Å². The average Bonchev–Trinajstić information content (AvgIpc) is 4.27. The number of hydrogen-bond acceptors (Lipinski definition) is 13. The standard InChI is InChI=1S/C20H15F2N3O2S.C18H11ClF2N2O2S.C18H12F2N2O3S/c1-11-4-2-5-12(10-11)17-16(19-23-8-9-27-19)24-20(28-17)25-18(26)15-13(21)6-3-7-14(15)22;1-9-4-2-5-10(8-9)15-14(16(19)24)22-18(26-15)23-17(25)13-11(20)6-3-7-12(13)21;1-9-4-2-5-10(8-9)15-14(17(24)25)21-18(26-15)22-16(23)13-11(19)6-3-7-12(13)20/h2-7,10H,8-9H2,1H3,(H,24,25,26);2-8H,1H3,(H,22,23,25);2-8H,1H3,(H,24,25)(H,21,22,23). The van der Waals surface area contributed by atoms with E-state index in [1.165, 1.54) is 17.4 Å². The predicted octanol–water partition coefficient (Wildman–Crippen LogP) is 13.8. The number of ether oxygens (including phenoxy) is 1. The van der Waals surface area contributed by atoms with Gasteiger partial charge in [0.1, 0.15) is 69.6 Å². The second-order valence-electron chi connectivity index (χ2n) is 17.0. The predicted molar refractivity (Wildman–Crippen MR) is 294 cm³/mol. The van der Waals surface area contributed by atoms with E-state index in [9.17, 15) is 55.4 Å². The molecule has 80 heavy (non-hydrogen) atoms. The lowest BCUT2D eigenvalue weighted by molar-refractivity contribution is 0.0691. The molecule has 0 bridgehead atoms. The van der Waals surface area contributed by atoms with Crippen LogP contribution in [-0.2, 0) is 4.74 Å². The molecule has 3 amide bonds. The summed E-state index contributed by atoms with van der Waals surface area (Å²) >= 11 is 8.69. The minimum atomic E-state index is -1.27. The van der Waals surface area contributed by atoms with Gasteiger partial charge in [0, 0.05) is 0 Å². The van der Waals surface area contributed by atoms with Crippen LogP contribution in [0.2, 0.25) is 0 Å². The smallest absolute Gasteiger partial charge is 0.356 e. The Kier molecular flexibility index (Phi) is 18.1. The Balaban J connectivity index is 0.000000158. The first-order valence-corrected chi connectivity index (χ1v) is 26.2. The zero-order valence-electron chi connectivity index (χ0n) is 41.6. The van der Waals surface area contributed by atoms with Gasteiger partial charge in [-0.25, -0.2) is 51.1 Å². The molecule has 0 fully saturated rings. The number of halogens is 7. The SMILES string of the molecule is Cc1cccc(-c2sc(NC(=O)c3c(F)cccc3F)nc2C(=O)Cl)c1.Cc1cccc(-c2sc(NC(=O)c3c(F)cccc3F)nc2C(=O)O)c1.Cc1cccc(-c2sc(NC(=O)c3c(F)cccc3F)nc2C2=NCCO2)c1. The van der Waals surface area contributed by atoms with E-state index >= 15 is 0 Å². The average molecular weight is 1170 g/mol. The lowest BCUT2D eigenvalue weighted by Crippen LogP contribution is -2.16. The fourth-order valence-electron chi connectivity index (χ4n) is 7.59. The van der Waals surface area contributed by atoms with Crippen LogP contribution in [0.5, 0.6) is 0 Å². The number of amides is 3. The normalized spacial score (nSPS) is 11.5. The quantitative estimate of drug-likeness (QED) is 0.0673. The minimum Gasteiger partial charge on any atom is -0.476 e. The van der Waals surface area contributed by atoms with E-state index in [0.717, 1.165) is 98.3 Å². The van der Waals surface area contributed by atoms with E-state index in [2.05, 4.69) is 35.9 Å². The van der Waals surface area contributed by atoms with E-state index in [-0.39, 0.29) is 26.8 Å². The molecule has 0 unspecified atom stereocenters. The topological polar surface area (TPSA) is 202 Å². The highest BCUT2D eigenvalue weighted by molar-refractivity contribution is 7.20. The second-order valence-corrected chi connectivity index (χ2v) is 20.3. The van der Waals surface area contributed by atoms with Crippen LogP contribution in [0.25, 0.3) is 31.3 Å². The number of anilines is 3. The number of rotatable bonds is 12. The maximum atomic E-state index is 13.9.